The van der Waals surface area contributed by atoms with Crippen LogP contribution in [-0.2, 0) is 28.5 Å². The third-order valence-electron chi connectivity index (χ3n) is 5.81. The minimum absolute atomic E-state index is 0.116. The van der Waals surface area contributed by atoms with Gasteiger partial charge in [0.05, 0.1) is 41.1 Å². The third kappa shape index (κ3) is 4.48. The first-order valence-corrected chi connectivity index (χ1v) is 10.7. The van der Waals surface area contributed by atoms with Gasteiger partial charge < -0.3 is 24.3 Å². The Morgan fingerprint density at radius 2 is 2.03 bits per heavy atom. The minimum atomic E-state index is -4.49. The van der Waals surface area contributed by atoms with Crippen molar-refractivity contribution in [3.63, 3.8) is 0 Å². The highest BCUT2D eigenvalue weighted by atomic mass is 19.3. The van der Waals surface area contributed by atoms with Gasteiger partial charge in [-0.25, -0.2) is 4.39 Å². The fourth-order valence-electron chi connectivity index (χ4n) is 3.69. The van der Waals surface area contributed by atoms with E-state index in [9.17, 15) is 23.8 Å². The Kier molecular flexibility index (Phi) is 2.89. The zero-order chi connectivity index (χ0) is 41.6. The largest absolute Gasteiger partial charge is 0.586 e. The molecule has 0 spiro atoms. The van der Waals surface area contributed by atoms with Crippen LogP contribution in [0.25, 0.3) is 10.9 Å². The molecule has 3 aromatic rings. The summed E-state index contributed by atoms with van der Waals surface area (Å²) in [4.78, 5) is 14.3. The first kappa shape index (κ1) is 12.2. The smallest absolute Gasteiger partial charge is 0.395 e. The van der Waals surface area contributed by atoms with Crippen molar-refractivity contribution in [2.24, 2.45) is 0 Å². The molecule has 2 aliphatic rings. The fourth-order valence-corrected chi connectivity index (χ4v) is 3.69. The van der Waals surface area contributed by atoms with Crippen molar-refractivity contribution in [2.45, 2.75) is 76.0 Å². The maximum Gasteiger partial charge on any atom is 0.586 e. The molecule has 0 saturated heterocycles. The zero-order valence-corrected chi connectivity index (χ0v) is 19.2. The number of rotatable bonds is 9. The molecule has 0 amide bonds. The maximum atomic E-state index is 16.4. The highest BCUT2D eigenvalue weighted by Crippen LogP contribution is 2.52. The number of benzene rings is 2. The first-order valence-electron chi connectivity index (χ1n) is 19.2. The van der Waals surface area contributed by atoms with Crippen molar-refractivity contribution in [2.75, 3.05) is 6.61 Å². The van der Waals surface area contributed by atoms with Crippen LogP contribution in [0.2, 0.25) is 0 Å². The summed E-state index contributed by atoms with van der Waals surface area (Å²) in [6.45, 7) is -6.80. The molecule has 1 fully saturated rings. The summed E-state index contributed by atoms with van der Waals surface area (Å²) >= 11 is 0. The SMILES string of the molecule is [2H]c1c([2H])c(C2(C(=O)Cc3c(F)c([2H])c4c(c3[2H])c([2H])c(C(C)(C([2H])([2H])[2H])C([2H])([2H])C)n4C([2H])([2H])[C@@H](O)CO)C([2H])([2H])C2([2H])[2H])c([2H])c2c1OC(F)(F)O2. The molecule has 1 unspecified atom stereocenters. The minimum Gasteiger partial charge on any atom is -0.395 e. The van der Waals surface area contributed by atoms with E-state index in [2.05, 4.69) is 9.47 Å². The normalized spacial score (nSPS) is 30.1. The van der Waals surface area contributed by atoms with Crippen molar-refractivity contribution in [1.82, 2.24) is 4.57 Å². The van der Waals surface area contributed by atoms with Crippen LogP contribution in [0.15, 0.2) is 36.3 Å². The van der Waals surface area contributed by atoms with Crippen molar-refractivity contribution < 1.29 is 61.0 Å². The lowest BCUT2D eigenvalue weighted by atomic mass is 9.86. The number of aliphatic hydroxyl groups excluding tert-OH is 2. The molecule has 0 bridgehead atoms. The van der Waals surface area contributed by atoms with E-state index >= 15 is 4.39 Å². The van der Waals surface area contributed by atoms with E-state index in [1.165, 1.54) is 0 Å². The van der Waals surface area contributed by atoms with Gasteiger partial charge in [0, 0.05) is 35.3 Å². The number of aromatic nitrogens is 1. The van der Waals surface area contributed by atoms with Crippen molar-refractivity contribution in [3.8, 4) is 11.5 Å². The van der Waals surface area contributed by atoms with Gasteiger partial charge >= 0.3 is 6.29 Å². The molecule has 2 N–H and O–H groups in total. The lowest BCUT2D eigenvalue weighted by Crippen LogP contribution is -2.26. The third-order valence-corrected chi connectivity index (χ3v) is 5.81. The van der Waals surface area contributed by atoms with Crippen LogP contribution < -0.4 is 9.47 Å². The van der Waals surface area contributed by atoms with Gasteiger partial charge in [-0.1, -0.05) is 26.7 Å². The van der Waals surface area contributed by atoms with Gasteiger partial charge in [0.1, 0.15) is 11.6 Å². The van der Waals surface area contributed by atoms with E-state index in [0.29, 0.717) is 0 Å². The van der Waals surface area contributed by atoms with E-state index in [1.807, 2.05) is 0 Å². The lowest BCUT2D eigenvalue weighted by molar-refractivity contribution is -0.286. The Hall–Kier alpha value is -3.04. The summed E-state index contributed by atoms with van der Waals surface area (Å²) in [5.74, 6) is -6.03. The van der Waals surface area contributed by atoms with Crippen molar-refractivity contribution in [3.05, 3.63) is 58.9 Å². The molecule has 1 aliphatic heterocycles. The molecule has 1 saturated carbocycles. The number of ether oxygens (including phenoxy) is 2. The van der Waals surface area contributed by atoms with E-state index < -0.39 is 156 Å². The number of alkyl halides is 2. The number of carbonyl (C=O) groups is 1. The summed E-state index contributed by atoms with van der Waals surface area (Å²) in [5, 5.41) is 19.2. The van der Waals surface area contributed by atoms with E-state index in [0.717, 1.165) is 13.8 Å². The second kappa shape index (κ2) is 8.77. The molecule has 2 aromatic carbocycles. The number of Topliss-reactive ketones (excluding diaryl/α,β-unsaturated/α-hetero) is 1. The van der Waals surface area contributed by atoms with Gasteiger partial charge in [0.25, 0.3) is 0 Å². The summed E-state index contributed by atoms with van der Waals surface area (Å²) in [7, 11) is 0. The highest BCUT2D eigenvalue weighted by Gasteiger charge is 2.52. The van der Waals surface area contributed by atoms with Crippen LogP contribution >= 0.6 is 0 Å². The standard InChI is InChI=1S/C28H30F3NO5/c1-4-26(2,3)24-10-17-9-16(20(29)13-21(17)32(24)14-19(34)15-33)11-25(35)27(7-8-27)18-5-6-22-23(12-18)37-28(30,31)36-22/h5-6,9-10,12-13,19,33-34H,4,7-8,11,14-15H2,1-3H3/t19-/m1/s1/i2D3,4D2,5D,6D,7D2,8D2,9D,10D,12D,13D,14D2/t19-,26?. The number of hydrogen-bond donors (Lipinski definition) is 2. The topological polar surface area (TPSA) is 80.9 Å². The predicted octanol–water partition coefficient (Wildman–Crippen LogP) is 4.99. The van der Waals surface area contributed by atoms with E-state index in [1.54, 1.807) is 0 Å². The van der Waals surface area contributed by atoms with Gasteiger partial charge in [-0.15, -0.1) is 8.78 Å². The Morgan fingerprint density at radius 1 is 1.30 bits per heavy atom. The van der Waals surface area contributed by atoms with E-state index in [-0.39, 0.29) is 4.57 Å². The summed E-state index contributed by atoms with van der Waals surface area (Å²) in [5.41, 5.74) is -11.0. The molecule has 2 heterocycles. The van der Waals surface area contributed by atoms with Gasteiger partial charge in [-0.2, -0.15) is 0 Å². The van der Waals surface area contributed by atoms with Crippen LogP contribution in [0.4, 0.5) is 13.2 Å². The number of carbonyl (C=O) groups excluding carboxylic acids is 1. The first-order chi connectivity index (χ1) is 24.2. The molecule has 5 rings (SSSR count). The van der Waals surface area contributed by atoms with Crippen LogP contribution in [0.3, 0.4) is 0 Å². The highest BCUT2D eigenvalue weighted by molar-refractivity contribution is 5.95. The number of hydrogen-bond acceptors (Lipinski definition) is 5. The lowest BCUT2D eigenvalue weighted by Gasteiger charge is -2.26. The summed E-state index contributed by atoms with van der Waals surface area (Å²) in [6.07, 6.45) is -18.3. The quantitative estimate of drug-likeness (QED) is 0.405. The molecule has 37 heavy (non-hydrogen) atoms. The second-order valence-corrected chi connectivity index (χ2v) is 8.45. The average molecular weight is 535 g/mol. The van der Waals surface area contributed by atoms with Gasteiger partial charge in [0.15, 0.2) is 11.5 Å². The van der Waals surface area contributed by atoms with Crippen LogP contribution in [0, 0.1) is 5.82 Å². The molecule has 198 valence electrons. The van der Waals surface area contributed by atoms with Gasteiger partial charge in [-0.05, 0) is 60.5 Å². The van der Waals surface area contributed by atoms with Crippen LogP contribution in [0.5, 0.6) is 11.5 Å². The fraction of sp³-hybridized carbons (Fsp3) is 0.464. The molecule has 0 radical (unpaired) electrons. The van der Waals surface area contributed by atoms with E-state index in [4.69, 9.17) is 23.3 Å². The Bertz CT molecular complexity index is 2100. The molecule has 9 heteroatoms. The number of ketones is 1. The molecular formula is C28H30F3NO5. The number of fused-ring (bicyclic) bond motifs is 2. The number of halogens is 3. The number of nitrogens with zero attached hydrogens (tertiary/aromatic N) is 1. The summed E-state index contributed by atoms with van der Waals surface area (Å²) in [6, 6.07) is -7.88. The maximum absolute atomic E-state index is 16.4. The molecule has 1 aromatic heterocycles. The average Bonchev–Trinajstić information content (AvgIpc) is 3.33. The zero-order valence-electron chi connectivity index (χ0n) is 36.2. The predicted molar refractivity (Wildman–Crippen MR) is 131 cm³/mol. The molecule has 6 nitrogen and oxygen atoms in total. The second-order valence-electron chi connectivity index (χ2n) is 8.45. The Labute approximate surface area is 236 Å². The van der Waals surface area contributed by atoms with Crippen LogP contribution in [-0.4, -0.2) is 39.6 Å². The molecule has 2 atom stereocenters. The molecular weight excluding hydrogens is 487 g/mol. The van der Waals surface area contributed by atoms with Crippen molar-refractivity contribution in [1.29, 1.82) is 0 Å². The monoisotopic (exact) mass is 534 g/mol. The summed E-state index contributed by atoms with van der Waals surface area (Å²) < 4.78 is 197. The Morgan fingerprint density at radius 3 is 2.68 bits per heavy atom. The van der Waals surface area contributed by atoms with Gasteiger partial charge in [-0.3, -0.25) is 4.79 Å². The van der Waals surface area contributed by atoms with Crippen molar-refractivity contribution >= 4 is 16.7 Å². The molecule has 1 aliphatic carbocycles. The Balaban J connectivity index is 1.86. The number of aliphatic hydroxyl groups is 2. The van der Waals surface area contributed by atoms with Crippen LogP contribution in [0.1, 0.15) is 79.9 Å². The van der Waals surface area contributed by atoms with Gasteiger partial charge in [0.2, 0.25) is 0 Å².